The highest BCUT2D eigenvalue weighted by molar-refractivity contribution is 6.25. The van der Waals surface area contributed by atoms with Crippen LogP contribution in [0.2, 0.25) is 0 Å². The minimum absolute atomic E-state index is 0.203. The fraction of sp³-hybridized carbons (Fsp3) is 0.588. The molecule has 126 valence electrons. The first-order chi connectivity index (χ1) is 11.5. The van der Waals surface area contributed by atoms with E-state index in [0.717, 1.165) is 12.8 Å². The van der Waals surface area contributed by atoms with E-state index in [-0.39, 0.29) is 24.0 Å². The molecule has 4 atom stereocenters. The lowest BCUT2D eigenvalue weighted by Gasteiger charge is -2.36. The molecular formula is C17H18N2O5. The summed E-state index contributed by atoms with van der Waals surface area (Å²) in [6, 6.07) is 1.61. The van der Waals surface area contributed by atoms with Gasteiger partial charge in [0.2, 0.25) is 11.8 Å². The predicted octanol–water partition coefficient (Wildman–Crippen LogP) is 1.30. The molecule has 0 radical (unpaired) electrons. The van der Waals surface area contributed by atoms with E-state index < -0.39 is 10.8 Å². The van der Waals surface area contributed by atoms with Crippen LogP contribution in [0.15, 0.2) is 12.3 Å². The second-order valence-electron chi connectivity index (χ2n) is 7.23. The van der Waals surface area contributed by atoms with Crippen LogP contribution >= 0.6 is 0 Å². The molecule has 0 aliphatic carbocycles. The Morgan fingerprint density at radius 1 is 1.04 bits per heavy atom. The number of amides is 2. The molecular weight excluding hydrogens is 312 g/mol. The number of fused-ring (bicyclic) bond motifs is 6. The largest absolute Gasteiger partial charge is 0.486 e. The Balaban J connectivity index is 1.61. The number of hydrogen-bond donors (Lipinski definition) is 0. The Kier molecular flexibility index (Phi) is 2.53. The first kappa shape index (κ1) is 14.2. The monoisotopic (exact) mass is 330 g/mol. The van der Waals surface area contributed by atoms with Crippen LogP contribution in [-0.2, 0) is 14.3 Å². The summed E-state index contributed by atoms with van der Waals surface area (Å²) in [5.74, 6) is 0.881. The van der Waals surface area contributed by atoms with E-state index in [1.165, 1.54) is 11.1 Å². The third-order valence-electron chi connectivity index (χ3n) is 6.33. The van der Waals surface area contributed by atoms with Gasteiger partial charge in [-0.2, -0.15) is 0 Å². The Bertz CT molecular complexity index is 746. The normalized spacial score (nSPS) is 39.5. The summed E-state index contributed by atoms with van der Waals surface area (Å²) < 4.78 is 16.9. The number of pyridine rings is 1. The van der Waals surface area contributed by atoms with Crippen molar-refractivity contribution in [1.29, 1.82) is 0 Å². The lowest BCUT2D eigenvalue weighted by Crippen LogP contribution is -2.48. The lowest BCUT2D eigenvalue weighted by atomic mass is 9.59. The van der Waals surface area contributed by atoms with Crippen LogP contribution in [0.3, 0.4) is 0 Å². The second-order valence-corrected chi connectivity index (χ2v) is 7.23. The van der Waals surface area contributed by atoms with E-state index in [1.807, 2.05) is 13.8 Å². The summed E-state index contributed by atoms with van der Waals surface area (Å²) in [6.45, 7) is 4.61. The van der Waals surface area contributed by atoms with Gasteiger partial charge in [-0.1, -0.05) is 0 Å². The van der Waals surface area contributed by atoms with Crippen molar-refractivity contribution in [3.8, 4) is 11.5 Å². The Morgan fingerprint density at radius 2 is 1.62 bits per heavy atom. The number of aromatic nitrogens is 1. The molecule has 4 aliphatic rings. The molecule has 0 saturated carbocycles. The van der Waals surface area contributed by atoms with E-state index in [2.05, 4.69) is 4.98 Å². The fourth-order valence-electron chi connectivity index (χ4n) is 4.70. The van der Waals surface area contributed by atoms with Gasteiger partial charge in [-0.05, 0) is 26.7 Å². The van der Waals surface area contributed by atoms with Crippen LogP contribution in [0.5, 0.6) is 11.5 Å². The van der Waals surface area contributed by atoms with E-state index in [9.17, 15) is 9.59 Å². The zero-order chi connectivity index (χ0) is 16.7. The molecule has 1 aromatic heterocycles. The van der Waals surface area contributed by atoms with Crippen molar-refractivity contribution in [2.45, 2.75) is 38.9 Å². The van der Waals surface area contributed by atoms with E-state index >= 15 is 0 Å². The smallest absolute Gasteiger partial charge is 0.244 e. The van der Waals surface area contributed by atoms with Gasteiger partial charge in [0, 0.05) is 6.07 Å². The average molecular weight is 330 g/mol. The average Bonchev–Trinajstić information content (AvgIpc) is 3.21. The highest BCUT2D eigenvalue weighted by Gasteiger charge is 2.77. The molecule has 1 aromatic rings. The molecule has 24 heavy (non-hydrogen) atoms. The van der Waals surface area contributed by atoms with Gasteiger partial charge in [0.1, 0.15) is 19.0 Å². The Hall–Kier alpha value is -2.15. The minimum atomic E-state index is -0.831. The van der Waals surface area contributed by atoms with Crippen LogP contribution in [-0.4, -0.2) is 42.2 Å². The van der Waals surface area contributed by atoms with Crippen LogP contribution in [0.25, 0.3) is 0 Å². The third kappa shape index (κ3) is 1.37. The van der Waals surface area contributed by atoms with Crippen molar-refractivity contribution in [3.63, 3.8) is 0 Å². The summed E-state index contributed by atoms with van der Waals surface area (Å²) in [5.41, 5.74) is -1.66. The first-order valence-corrected chi connectivity index (χ1v) is 8.28. The molecule has 7 heteroatoms. The molecule has 0 aromatic carbocycles. The standard InChI is InChI=1S/C17H18N2O5/c1-16-11-3-4-12(24-11)17(16,2)15(21)19(14(16)20)13-7-9-10(8-18-13)23-6-5-22-9/h7-8,11-12H,3-6H2,1-2H3/t11-,12+,16+,17-. The molecule has 4 aliphatic heterocycles. The molecule has 7 nitrogen and oxygen atoms in total. The van der Waals surface area contributed by atoms with Gasteiger partial charge in [-0.25, -0.2) is 9.88 Å². The van der Waals surface area contributed by atoms with Gasteiger partial charge in [-0.15, -0.1) is 0 Å². The number of carbonyl (C=O) groups excluding carboxylic acids is 2. The number of rotatable bonds is 1. The topological polar surface area (TPSA) is 78.0 Å². The first-order valence-electron chi connectivity index (χ1n) is 8.28. The van der Waals surface area contributed by atoms with Gasteiger partial charge < -0.3 is 14.2 Å². The lowest BCUT2D eigenvalue weighted by molar-refractivity contribution is -0.132. The molecule has 0 unspecified atom stereocenters. The van der Waals surface area contributed by atoms with Crippen LogP contribution in [0.4, 0.5) is 5.82 Å². The number of hydrogen-bond acceptors (Lipinski definition) is 6. The van der Waals surface area contributed by atoms with Crippen LogP contribution in [0.1, 0.15) is 26.7 Å². The van der Waals surface area contributed by atoms with Crippen molar-refractivity contribution >= 4 is 17.6 Å². The van der Waals surface area contributed by atoms with Crippen molar-refractivity contribution in [3.05, 3.63) is 12.3 Å². The maximum absolute atomic E-state index is 13.2. The van der Waals surface area contributed by atoms with Crippen LogP contribution < -0.4 is 14.4 Å². The number of imide groups is 1. The highest BCUT2D eigenvalue weighted by atomic mass is 16.6. The molecule has 3 fully saturated rings. The zero-order valence-electron chi connectivity index (χ0n) is 13.6. The van der Waals surface area contributed by atoms with Gasteiger partial charge in [0.25, 0.3) is 0 Å². The van der Waals surface area contributed by atoms with Crippen molar-refractivity contribution in [1.82, 2.24) is 4.98 Å². The second kappa shape index (κ2) is 4.27. The number of carbonyl (C=O) groups is 2. The minimum Gasteiger partial charge on any atom is -0.486 e. The van der Waals surface area contributed by atoms with Gasteiger partial charge in [-0.3, -0.25) is 9.59 Å². The maximum atomic E-state index is 13.2. The summed E-state index contributed by atoms with van der Waals surface area (Å²) in [6.07, 6.45) is 2.74. The van der Waals surface area contributed by atoms with Crippen molar-refractivity contribution in [2.24, 2.45) is 10.8 Å². The molecule has 0 N–H and O–H groups in total. The van der Waals surface area contributed by atoms with Gasteiger partial charge >= 0.3 is 0 Å². The highest BCUT2D eigenvalue weighted by Crippen LogP contribution is 2.64. The van der Waals surface area contributed by atoms with Gasteiger partial charge in [0.05, 0.1) is 29.2 Å². The Morgan fingerprint density at radius 3 is 2.25 bits per heavy atom. The summed E-state index contributed by atoms with van der Waals surface area (Å²) in [5, 5.41) is 0. The quantitative estimate of drug-likeness (QED) is 0.722. The van der Waals surface area contributed by atoms with Crippen molar-refractivity contribution in [2.75, 3.05) is 18.1 Å². The summed E-state index contributed by atoms with van der Waals surface area (Å²) in [4.78, 5) is 31.9. The zero-order valence-corrected chi connectivity index (χ0v) is 13.6. The van der Waals surface area contributed by atoms with Gasteiger partial charge in [0.15, 0.2) is 11.5 Å². The number of nitrogens with zero attached hydrogens (tertiary/aromatic N) is 2. The van der Waals surface area contributed by atoms with E-state index in [4.69, 9.17) is 14.2 Å². The third-order valence-corrected chi connectivity index (χ3v) is 6.33. The maximum Gasteiger partial charge on any atom is 0.244 e. The van der Waals surface area contributed by atoms with E-state index in [1.54, 1.807) is 6.07 Å². The Labute approximate surface area is 138 Å². The molecule has 2 bridgehead atoms. The number of anilines is 1. The number of ether oxygens (including phenoxy) is 3. The molecule has 5 heterocycles. The fourth-order valence-corrected chi connectivity index (χ4v) is 4.70. The van der Waals surface area contributed by atoms with Crippen molar-refractivity contribution < 1.29 is 23.8 Å². The SMILES string of the molecule is C[C@@]12C(=O)N(c3cc4c(cn3)OCCO4)C(=O)[C@]1(C)[C@H]1CC[C@@H]2O1. The molecule has 2 amide bonds. The summed E-state index contributed by atoms with van der Waals surface area (Å²) in [7, 11) is 0. The molecule has 3 saturated heterocycles. The molecule has 5 rings (SSSR count). The summed E-state index contributed by atoms with van der Waals surface area (Å²) >= 11 is 0. The van der Waals surface area contributed by atoms with E-state index in [0.29, 0.717) is 30.5 Å². The predicted molar refractivity (Wildman–Crippen MR) is 81.8 cm³/mol. The van der Waals surface area contributed by atoms with Crippen LogP contribution in [0, 0.1) is 10.8 Å². The molecule has 0 spiro atoms.